The number of anilines is 2. The van der Waals surface area contributed by atoms with Crippen LogP contribution in [0.4, 0.5) is 11.4 Å². The van der Waals surface area contributed by atoms with E-state index in [1.165, 1.54) is 0 Å². The molecule has 2 rings (SSSR count). The van der Waals surface area contributed by atoms with Gasteiger partial charge in [-0.2, -0.15) is 0 Å². The molecule has 1 unspecified atom stereocenters. The zero-order chi connectivity index (χ0) is 10.7. The van der Waals surface area contributed by atoms with Gasteiger partial charge in [-0.25, -0.2) is 0 Å². The van der Waals surface area contributed by atoms with Gasteiger partial charge in [-0.3, -0.25) is 4.98 Å². The molecule has 0 aliphatic carbocycles. The number of hydrogen-bond donors (Lipinski definition) is 2. The van der Waals surface area contributed by atoms with E-state index in [0.29, 0.717) is 18.9 Å². The van der Waals surface area contributed by atoms with Crippen LogP contribution in [0.15, 0.2) is 18.5 Å². The van der Waals surface area contributed by atoms with Crippen molar-refractivity contribution in [1.29, 1.82) is 0 Å². The van der Waals surface area contributed by atoms with Gasteiger partial charge in [0.2, 0.25) is 0 Å². The molecule has 0 aromatic carbocycles. The highest BCUT2D eigenvalue weighted by molar-refractivity contribution is 5.66. The van der Waals surface area contributed by atoms with Crippen molar-refractivity contribution in [3.63, 3.8) is 0 Å². The summed E-state index contributed by atoms with van der Waals surface area (Å²) in [6.07, 6.45) is 3.33. The number of aromatic nitrogens is 1. The minimum atomic E-state index is -0.0107. The summed E-state index contributed by atoms with van der Waals surface area (Å²) in [5.41, 5.74) is 7.40. The standard InChI is InChI=1S/C10H15N3O2/c11-9-5-12-2-1-10(9)13-3-4-15-7-8(13)6-14/h1-2,5,8,14H,3-4,6-7,11H2. The molecule has 5 nitrogen and oxygen atoms in total. The Morgan fingerprint density at radius 1 is 1.67 bits per heavy atom. The molecule has 1 aromatic heterocycles. The van der Waals surface area contributed by atoms with Crippen molar-refractivity contribution in [3.05, 3.63) is 18.5 Å². The van der Waals surface area contributed by atoms with E-state index in [9.17, 15) is 5.11 Å². The lowest BCUT2D eigenvalue weighted by molar-refractivity contribution is 0.0728. The van der Waals surface area contributed by atoms with E-state index in [0.717, 1.165) is 12.2 Å². The van der Waals surface area contributed by atoms with Gasteiger partial charge in [0, 0.05) is 12.7 Å². The number of rotatable bonds is 2. The molecule has 0 radical (unpaired) electrons. The average Bonchev–Trinajstić information content (AvgIpc) is 2.30. The highest BCUT2D eigenvalue weighted by atomic mass is 16.5. The van der Waals surface area contributed by atoms with Crippen molar-refractivity contribution < 1.29 is 9.84 Å². The van der Waals surface area contributed by atoms with Gasteiger partial charge < -0.3 is 20.5 Å². The van der Waals surface area contributed by atoms with Gasteiger partial charge in [0.15, 0.2) is 0 Å². The molecule has 5 heteroatoms. The summed E-state index contributed by atoms with van der Waals surface area (Å²) in [5.74, 6) is 0. The maximum absolute atomic E-state index is 9.24. The molecule has 1 aromatic rings. The van der Waals surface area contributed by atoms with Crippen molar-refractivity contribution in [3.8, 4) is 0 Å². The maximum atomic E-state index is 9.24. The molecule has 1 aliphatic rings. The lowest BCUT2D eigenvalue weighted by atomic mass is 10.2. The molecule has 1 fully saturated rings. The molecular weight excluding hydrogens is 194 g/mol. The molecule has 1 saturated heterocycles. The van der Waals surface area contributed by atoms with Crippen LogP contribution in [0.1, 0.15) is 0 Å². The van der Waals surface area contributed by atoms with Crippen LogP contribution in [0.2, 0.25) is 0 Å². The molecule has 1 atom stereocenters. The van der Waals surface area contributed by atoms with Crippen LogP contribution < -0.4 is 10.6 Å². The lowest BCUT2D eigenvalue weighted by Crippen LogP contribution is -2.47. The Kier molecular flexibility index (Phi) is 3.03. The van der Waals surface area contributed by atoms with E-state index in [1.807, 2.05) is 6.07 Å². The van der Waals surface area contributed by atoms with Crippen LogP contribution in [0.25, 0.3) is 0 Å². The number of aliphatic hydroxyl groups is 1. The Bertz CT molecular complexity index is 332. The van der Waals surface area contributed by atoms with E-state index in [4.69, 9.17) is 10.5 Å². The first-order valence-corrected chi connectivity index (χ1v) is 4.97. The van der Waals surface area contributed by atoms with Crippen molar-refractivity contribution >= 4 is 11.4 Å². The van der Waals surface area contributed by atoms with Crippen LogP contribution in [0.3, 0.4) is 0 Å². The summed E-state index contributed by atoms with van der Waals surface area (Å²) >= 11 is 0. The minimum Gasteiger partial charge on any atom is -0.396 e. The number of ether oxygens (including phenoxy) is 1. The Morgan fingerprint density at radius 2 is 2.53 bits per heavy atom. The SMILES string of the molecule is Nc1cnccc1N1CCOCC1CO. The topological polar surface area (TPSA) is 71.6 Å². The quantitative estimate of drug-likeness (QED) is 0.709. The van der Waals surface area contributed by atoms with Crippen LogP contribution >= 0.6 is 0 Å². The van der Waals surface area contributed by atoms with E-state index >= 15 is 0 Å². The predicted molar refractivity (Wildman–Crippen MR) is 57.7 cm³/mol. The fourth-order valence-corrected chi connectivity index (χ4v) is 1.78. The number of nitrogen functional groups attached to an aromatic ring is 1. The number of pyridine rings is 1. The van der Waals surface area contributed by atoms with Crippen molar-refractivity contribution in [2.24, 2.45) is 0 Å². The van der Waals surface area contributed by atoms with Crippen LogP contribution in [-0.2, 0) is 4.74 Å². The number of nitrogens with zero attached hydrogens (tertiary/aromatic N) is 2. The van der Waals surface area contributed by atoms with E-state index in [2.05, 4.69) is 9.88 Å². The second-order valence-corrected chi connectivity index (χ2v) is 3.54. The van der Waals surface area contributed by atoms with Gasteiger partial charge in [-0.15, -0.1) is 0 Å². The predicted octanol–water partition coefficient (Wildman–Crippen LogP) is -0.139. The van der Waals surface area contributed by atoms with Crippen molar-refractivity contribution in [2.75, 3.05) is 37.0 Å². The Hall–Kier alpha value is -1.33. The fourth-order valence-electron chi connectivity index (χ4n) is 1.78. The van der Waals surface area contributed by atoms with E-state index < -0.39 is 0 Å². The van der Waals surface area contributed by atoms with Crippen molar-refractivity contribution in [2.45, 2.75) is 6.04 Å². The second kappa shape index (κ2) is 4.46. The summed E-state index contributed by atoms with van der Waals surface area (Å²) in [4.78, 5) is 6.02. The summed E-state index contributed by atoms with van der Waals surface area (Å²) in [6, 6.07) is 1.85. The largest absolute Gasteiger partial charge is 0.396 e. The first-order chi connectivity index (χ1) is 7.33. The summed E-state index contributed by atoms with van der Waals surface area (Å²) in [6.45, 7) is 2.03. The summed E-state index contributed by atoms with van der Waals surface area (Å²) in [5, 5.41) is 9.24. The van der Waals surface area contributed by atoms with Gasteiger partial charge in [0.1, 0.15) is 0 Å². The van der Waals surface area contributed by atoms with Gasteiger partial charge in [-0.1, -0.05) is 0 Å². The monoisotopic (exact) mass is 209 g/mol. The minimum absolute atomic E-state index is 0.0107. The highest BCUT2D eigenvalue weighted by Crippen LogP contribution is 2.24. The van der Waals surface area contributed by atoms with Crippen LogP contribution in [0, 0.1) is 0 Å². The normalized spacial score (nSPS) is 21.7. The lowest BCUT2D eigenvalue weighted by Gasteiger charge is -2.36. The van der Waals surface area contributed by atoms with Gasteiger partial charge in [0.25, 0.3) is 0 Å². The number of morpholine rings is 1. The second-order valence-electron chi connectivity index (χ2n) is 3.54. The highest BCUT2D eigenvalue weighted by Gasteiger charge is 2.23. The van der Waals surface area contributed by atoms with E-state index in [-0.39, 0.29) is 12.6 Å². The smallest absolute Gasteiger partial charge is 0.0756 e. The Morgan fingerprint density at radius 3 is 3.27 bits per heavy atom. The zero-order valence-corrected chi connectivity index (χ0v) is 8.47. The number of hydrogen-bond acceptors (Lipinski definition) is 5. The van der Waals surface area contributed by atoms with Crippen LogP contribution in [-0.4, -0.2) is 42.5 Å². The van der Waals surface area contributed by atoms with E-state index in [1.54, 1.807) is 12.4 Å². The first-order valence-electron chi connectivity index (χ1n) is 4.97. The molecule has 0 saturated carbocycles. The van der Waals surface area contributed by atoms with Crippen LogP contribution in [0.5, 0.6) is 0 Å². The molecule has 1 aliphatic heterocycles. The number of aliphatic hydroxyl groups excluding tert-OH is 1. The average molecular weight is 209 g/mol. The first kappa shape index (κ1) is 10.2. The Balaban J connectivity index is 2.24. The van der Waals surface area contributed by atoms with Gasteiger partial charge in [-0.05, 0) is 6.07 Å². The fraction of sp³-hybridized carbons (Fsp3) is 0.500. The summed E-state index contributed by atoms with van der Waals surface area (Å²) in [7, 11) is 0. The van der Waals surface area contributed by atoms with Crippen molar-refractivity contribution in [1.82, 2.24) is 4.98 Å². The van der Waals surface area contributed by atoms with Gasteiger partial charge >= 0.3 is 0 Å². The molecule has 0 bridgehead atoms. The third-order valence-electron chi connectivity index (χ3n) is 2.58. The number of nitrogens with two attached hydrogens (primary N) is 1. The molecule has 15 heavy (non-hydrogen) atoms. The Labute approximate surface area is 88.5 Å². The van der Waals surface area contributed by atoms with Gasteiger partial charge in [0.05, 0.1) is 43.4 Å². The third kappa shape index (κ3) is 2.03. The molecule has 0 amide bonds. The molecule has 2 heterocycles. The molecular formula is C10H15N3O2. The molecule has 0 spiro atoms. The summed E-state index contributed by atoms with van der Waals surface area (Å²) < 4.78 is 5.31. The third-order valence-corrected chi connectivity index (χ3v) is 2.58. The zero-order valence-electron chi connectivity index (χ0n) is 8.47. The maximum Gasteiger partial charge on any atom is 0.0756 e. The molecule has 3 N–H and O–H groups in total. The molecule has 82 valence electrons.